The molecule has 0 aromatic heterocycles. The van der Waals surface area contributed by atoms with E-state index in [0.717, 1.165) is 56.9 Å². The van der Waals surface area contributed by atoms with E-state index in [2.05, 4.69) is 5.32 Å². The number of morpholine rings is 1. The summed E-state index contributed by atoms with van der Waals surface area (Å²) in [5.41, 5.74) is 1.10. The Morgan fingerprint density at radius 2 is 2.17 bits per heavy atom. The van der Waals surface area contributed by atoms with Gasteiger partial charge in [0, 0.05) is 51.1 Å². The summed E-state index contributed by atoms with van der Waals surface area (Å²) in [6.07, 6.45) is 2.81. The van der Waals surface area contributed by atoms with E-state index in [1.54, 1.807) is 7.11 Å². The summed E-state index contributed by atoms with van der Waals surface area (Å²) >= 11 is 0. The number of hydrogen-bond acceptors (Lipinski definition) is 5. The lowest BCUT2D eigenvalue weighted by Gasteiger charge is -2.39. The average Bonchev–Trinajstić information content (AvgIpc) is 3.03. The van der Waals surface area contributed by atoms with Crippen molar-refractivity contribution in [2.45, 2.75) is 38.3 Å². The first-order valence-electron chi connectivity index (χ1n) is 10.6. The van der Waals surface area contributed by atoms with Crippen molar-refractivity contribution in [2.75, 3.05) is 46.4 Å². The number of amides is 2. The second-order valence-corrected chi connectivity index (χ2v) is 8.56. The number of rotatable bonds is 5. The van der Waals surface area contributed by atoms with Crippen molar-refractivity contribution >= 4 is 11.8 Å². The minimum atomic E-state index is -0.0152. The maximum Gasteiger partial charge on any atom is 0.225 e. The van der Waals surface area contributed by atoms with Crippen molar-refractivity contribution in [1.82, 2.24) is 15.1 Å². The van der Waals surface area contributed by atoms with Gasteiger partial charge in [-0.15, -0.1) is 0 Å². The smallest absolute Gasteiger partial charge is 0.225 e. The summed E-state index contributed by atoms with van der Waals surface area (Å²) in [6, 6.07) is 7.89. The molecule has 1 atom stereocenters. The summed E-state index contributed by atoms with van der Waals surface area (Å²) in [7, 11) is 1.65. The predicted octanol–water partition coefficient (Wildman–Crippen LogP) is 1.41. The second-order valence-electron chi connectivity index (χ2n) is 8.56. The van der Waals surface area contributed by atoms with Crippen molar-refractivity contribution in [1.29, 1.82) is 0 Å². The van der Waals surface area contributed by atoms with Crippen LogP contribution in [0.25, 0.3) is 0 Å². The van der Waals surface area contributed by atoms with E-state index in [0.29, 0.717) is 26.0 Å². The number of likely N-dealkylation sites (tertiary alicyclic amines) is 2. The van der Waals surface area contributed by atoms with Gasteiger partial charge < -0.3 is 24.6 Å². The summed E-state index contributed by atoms with van der Waals surface area (Å²) < 4.78 is 11.0. The molecule has 1 aromatic rings. The van der Waals surface area contributed by atoms with E-state index < -0.39 is 0 Å². The highest BCUT2D eigenvalue weighted by atomic mass is 16.5. The van der Waals surface area contributed by atoms with Crippen LogP contribution in [0.3, 0.4) is 0 Å². The number of carbonyl (C=O) groups is 2. The van der Waals surface area contributed by atoms with Crippen LogP contribution in [-0.4, -0.2) is 74.2 Å². The third kappa shape index (κ3) is 4.73. The Hall–Kier alpha value is -2.12. The molecule has 29 heavy (non-hydrogen) atoms. The van der Waals surface area contributed by atoms with Gasteiger partial charge in [-0.05, 0) is 30.5 Å². The van der Waals surface area contributed by atoms with Crippen molar-refractivity contribution in [3.63, 3.8) is 0 Å². The van der Waals surface area contributed by atoms with E-state index in [1.807, 2.05) is 34.1 Å². The Morgan fingerprint density at radius 3 is 2.90 bits per heavy atom. The SMILES string of the molecule is COc1cccc(CN2CC3(CCN(C(=O)C[C@H]4CNCCO4)CC3)CC2=O)c1. The zero-order valence-corrected chi connectivity index (χ0v) is 17.2. The highest BCUT2D eigenvalue weighted by molar-refractivity contribution is 5.80. The summed E-state index contributed by atoms with van der Waals surface area (Å²) in [6.45, 7) is 5.15. The molecule has 1 spiro atoms. The fourth-order valence-electron chi connectivity index (χ4n) is 4.76. The van der Waals surface area contributed by atoms with E-state index in [-0.39, 0.29) is 23.3 Å². The monoisotopic (exact) mass is 401 g/mol. The van der Waals surface area contributed by atoms with E-state index in [1.165, 1.54) is 0 Å². The zero-order chi connectivity index (χ0) is 20.3. The van der Waals surface area contributed by atoms with Gasteiger partial charge in [-0.3, -0.25) is 9.59 Å². The predicted molar refractivity (Wildman–Crippen MR) is 109 cm³/mol. The molecular weight excluding hydrogens is 370 g/mol. The number of nitrogens with zero attached hydrogens (tertiary/aromatic N) is 2. The Kier molecular flexibility index (Phi) is 6.06. The molecule has 3 saturated heterocycles. The molecule has 3 aliphatic rings. The van der Waals surface area contributed by atoms with Crippen molar-refractivity contribution < 1.29 is 19.1 Å². The van der Waals surface area contributed by atoms with Gasteiger partial charge in [0.25, 0.3) is 0 Å². The topological polar surface area (TPSA) is 71.1 Å². The molecule has 158 valence electrons. The zero-order valence-electron chi connectivity index (χ0n) is 17.2. The molecular formula is C22H31N3O4. The third-order valence-corrected chi connectivity index (χ3v) is 6.50. The standard InChI is InChI=1S/C22H31N3O4/c1-28-18-4-2-3-17(11-18)15-25-16-22(13-21(25)27)5-8-24(9-6-22)20(26)12-19-14-23-7-10-29-19/h2-4,11,19,23H,5-10,12-16H2,1H3/t19-/m0/s1. The highest BCUT2D eigenvalue weighted by Crippen LogP contribution is 2.41. The van der Waals surface area contributed by atoms with E-state index in [4.69, 9.17) is 9.47 Å². The van der Waals surface area contributed by atoms with Crippen LogP contribution in [0.2, 0.25) is 0 Å². The molecule has 0 unspecified atom stereocenters. The first-order chi connectivity index (χ1) is 14.1. The van der Waals surface area contributed by atoms with Gasteiger partial charge in [0.2, 0.25) is 11.8 Å². The summed E-state index contributed by atoms with van der Waals surface area (Å²) in [5, 5.41) is 3.27. The molecule has 0 radical (unpaired) electrons. The van der Waals surface area contributed by atoms with E-state index >= 15 is 0 Å². The van der Waals surface area contributed by atoms with Gasteiger partial charge in [-0.1, -0.05) is 12.1 Å². The van der Waals surface area contributed by atoms with Crippen molar-refractivity contribution in [3.05, 3.63) is 29.8 Å². The number of piperidine rings is 1. The molecule has 0 bridgehead atoms. The van der Waals surface area contributed by atoms with Crippen molar-refractivity contribution in [3.8, 4) is 5.75 Å². The summed E-state index contributed by atoms with van der Waals surface area (Å²) in [4.78, 5) is 29.2. The van der Waals surface area contributed by atoms with Crippen LogP contribution in [0.15, 0.2) is 24.3 Å². The Labute approximate surface area is 172 Å². The maximum atomic E-state index is 12.7. The van der Waals surface area contributed by atoms with Crippen LogP contribution in [0.5, 0.6) is 5.75 Å². The Bertz CT molecular complexity index is 739. The highest BCUT2D eigenvalue weighted by Gasteiger charge is 2.45. The van der Waals surface area contributed by atoms with Crippen LogP contribution in [0.4, 0.5) is 0 Å². The van der Waals surface area contributed by atoms with Crippen LogP contribution in [-0.2, 0) is 20.9 Å². The van der Waals surface area contributed by atoms with Gasteiger partial charge in [0.15, 0.2) is 0 Å². The number of hydrogen-bond donors (Lipinski definition) is 1. The first-order valence-corrected chi connectivity index (χ1v) is 10.6. The quantitative estimate of drug-likeness (QED) is 0.808. The molecule has 7 heteroatoms. The molecule has 0 saturated carbocycles. The number of nitrogens with one attached hydrogen (secondary N) is 1. The van der Waals surface area contributed by atoms with Crippen LogP contribution in [0.1, 0.15) is 31.2 Å². The molecule has 3 heterocycles. The number of ether oxygens (including phenoxy) is 2. The lowest BCUT2D eigenvalue weighted by Crippen LogP contribution is -2.47. The molecule has 4 rings (SSSR count). The molecule has 7 nitrogen and oxygen atoms in total. The fourth-order valence-corrected chi connectivity index (χ4v) is 4.76. The third-order valence-electron chi connectivity index (χ3n) is 6.50. The number of methoxy groups -OCH3 is 1. The molecule has 3 fully saturated rings. The van der Waals surface area contributed by atoms with E-state index in [9.17, 15) is 9.59 Å². The Balaban J connectivity index is 1.30. The number of carbonyl (C=O) groups excluding carboxylic acids is 2. The fraction of sp³-hybridized carbons (Fsp3) is 0.636. The van der Waals surface area contributed by atoms with Gasteiger partial charge in [-0.25, -0.2) is 0 Å². The maximum absolute atomic E-state index is 12.7. The average molecular weight is 402 g/mol. The first kappa shape index (κ1) is 20.2. The van der Waals surface area contributed by atoms with Crippen LogP contribution >= 0.6 is 0 Å². The second kappa shape index (κ2) is 8.71. The molecule has 2 amide bonds. The van der Waals surface area contributed by atoms with Gasteiger partial charge in [-0.2, -0.15) is 0 Å². The minimum Gasteiger partial charge on any atom is -0.497 e. The lowest BCUT2D eigenvalue weighted by molar-refractivity contribution is -0.137. The van der Waals surface area contributed by atoms with Gasteiger partial charge in [0.05, 0.1) is 26.2 Å². The Morgan fingerprint density at radius 1 is 1.34 bits per heavy atom. The van der Waals surface area contributed by atoms with Crippen LogP contribution in [0, 0.1) is 5.41 Å². The minimum absolute atomic E-state index is 0.00955. The molecule has 3 aliphatic heterocycles. The summed E-state index contributed by atoms with van der Waals surface area (Å²) in [5.74, 6) is 1.20. The normalized spacial score (nSPS) is 24.2. The van der Waals surface area contributed by atoms with Crippen molar-refractivity contribution in [2.24, 2.45) is 5.41 Å². The molecule has 1 N–H and O–H groups in total. The number of benzene rings is 1. The molecule has 1 aromatic carbocycles. The van der Waals surface area contributed by atoms with Gasteiger partial charge in [0.1, 0.15) is 5.75 Å². The largest absolute Gasteiger partial charge is 0.497 e. The lowest BCUT2D eigenvalue weighted by atomic mass is 9.77. The van der Waals surface area contributed by atoms with Crippen LogP contribution < -0.4 is 10.1 Å². The van der Waals surface area contributed by atoms with Gasteiger partial charge >= 0.3 is 0 Å². The molecule has 0 aliphatic carbocycles.